The van der Waals surface area contributed by atoms with Crippen LogP contribution >= 0.6 is 0 Å². The molecular formula is C14H19NO. The Hall–Kier alpha value is -1.31. The van der Waals surface area contributed by atoms with Gasteiger partial charge >= 0.3 is 0 Å². The Morgan fingerprint density at radius 3 is 2.38 bits per heavy atom. The molecule has 16 heavy (non-hydrogen) atoms. The summed E-state index contributed by atoms with van der Waals surface area (Å²) in [6.07, 6.45) is 1.62. The number of benzene rings is 1. The zero-order chi connectivity index (χ0) is 11.8. The van der Waals surface area contributed by atoms with Crippen LogP contribution in [-0.4, -0.2) is 16.3 Å². The lowest BCUT2D eigenvalue weighted by Crippen LogP contribution is -2.43. The van der Waals surface area contributed by atoms with Gasteiger partial charge in [-0.2, -0.15) is 0 Å². The molecule has 2 nitrogen and oxygen atoms in total. The maximum Gasteiger partial charge on any atom is 0.223 e. The second-order valence-corrected chi connectivity index (χ2v) is 5.40. The van der Waals surface area contributed by atoms with Crippen LogP contribution in [0.5, 0.6) is 0 Å². The predicted octanol–water partition coefficient (Wildman–Crippen LogP) is 3.15. The van der Waals surface area contributed by atoms with E-state index in [4.69, 9.17) is 0 Å². The van der Waals surface area contributed by atoms with Gasteiger partial charge in [-0.1, -0.05) is 30.3 Å². The molecular weight excluding hydrogens is 198 g/mol. The Balaban J connectivity index is 2.32. The van der Waals surface area contributed by atoms with Gasteiger partial charge in [0, 0.05) is 12.0 Å². The van der Waals surface area contributed by atoms with Crippen LogP contribution in [0.4, 0.5) is 0 Å². The van der Waals surface area contributed by atoms with Gasteiger partial charge in [0.15, 0.2) is 0 Å². The van der Waals surface area contributed by atoms with E-state index in [0.29, 0.717) is 6.42 Å². The smallest absolute Gasteiger partial charge is 0.223 e. The van der Waals surface area contributed by atoms with Crippen molar-refractivity contribution in [1.82, 2.24) is 4.90 Å². The van der Waals surface area contributed by atoms with E-state index in [1.807, 2.05) is 23.1 Å². The van der Waals surface area contributed by atoms with Crippen LogP contribution in [0, 0.1) is 0 Å². The lowest BCUT2D eigenvalue weighted by molar-refractivity contribution is -0.133. The first-order valence-corrected chi connectivity index (χ1v) is 5.87. The largest absolute Gasteiger partial charge is 0.331 e. The summed E-state index contributed by atoms with van der Waals surface area (Å²) in [6, 6.07) is 10.6. The molecule has 1 unspecified atom stereocenters. The molecule has 0 radical (unpaired) electrons. The molecule has 2 rings (SSSR count). The van der Waals surface area contributed by atoms with Crippen molar-refractivity contribution in [3.63, 3.8) is 0 Å². The standard InChI is InChI=1S/C14H19NO/c1-14(2,3)15-12(9-10-13(15)16)11-7-5-4-6-8-11/h4-8,12H,9-10H2,1-3H3. The quantitative estimate of drug-likeness (QED) is 0.707. The Labute approximate surface area is 97.3 Å². The minimum atomic E-state index is -0.0892. The highest BCUT2D eigenvalue weighted by Gasteiger charge is 2.38. The highest BCUT2D eigenvalue weighted by atomic mass is 16.2. The van der Waals surface area contributed by atoms with Crippen molar-refractivity contribution in [1.29, 1.82) is 0 Å². The number of rotatable bonds is 1. The van der Waals surface area contributed by atoms with Crippen molar-refractivity contribution in [2.75, 3.05) is 0 Å². The Kier molecular flexibility index (Phi) is 2.75. The van der Waals surface area contributed by atoms with Crippen molar-refractivity contribution in [3.8, 4) is 0 Å². The molecule has 0 N–H and O–H groups in total. The van der Waals surface area contributed by atoms with Gasteiger partial charge in [0.1, 0.15) is 0 Å². The molecule has 0 bridgehead atoms. The van der Waals surface area contributed by atoms with Crippen LogP contribution in [0.1, 0.15) is 45.2 Å². The maximum atomic E-state index is 11.9. The Morgan fingerprint density at radius 1 is 1.19 bits per heavy atom. The van der Waals surface area contributed by atoms with E-state index in [-0.39, 0.29) is 17.5 Å². The van der Waals surface area contributed by atoms with Gasteiger partial charge in [-0.3, -0.25) is 4.79 Å². The monoisotopic (exact) mass is 217 g/mol. The van der Waals surface area contributed by atoms with Gasteiger partial charge in [0.05, 0.1) is 6.04 Å². The first-order valence-electron chi connectivity index (χ1n) is 5.87. The molecule has 1 aromatic carbocycles. The van der Waals surface area contributed by atoms with E-state index in [9.17, 15) is 4.79 Å². The van der Waals surface area contributed by atoms with Crippen molar-refractivity contribution >= 4 is 5.91 Å². The van der Waals surface area contributed by atoms with E-state index < -0.39 is 0 Å². The number of carbonyl (C=O) groups excluding carboxylic acids is 1. The van der Waals surface area contributed by atoms with E-state index in [1.165, 1.54) is 5.56 Å². The van der Waals surface area contributed by atoms with Crippen LogP contribution < -0.4 is 0 Å². The summed E-state index contributed by atoms with van der Waals surface area (Å²) in [4.78, 5) is 14.0. The Bertz CT molecular complexity index is 377. The molecule has 1 aliphatic rings. The fraction of sp³-hybridized carbons (Fsp3) is 0.500. The minimum absolute atomic E-state index is 0.0892. The van der Waals surface area contributed by atoms with Gasteiger partial charge < -0.3 is 4.90 Å². The lowest BCUT2D eigenvalue weighted by Gasteiger charge is -2.37. The SMILES string of the molecule is CC(C)(C)N1C(=O)CCC1c1ccccc1. The third kappa shape index (κ3) is 1.97. The fourth-order valence-corrected chi connectivity index (χ4v) is 2.52. The molecule has 86 valence electrons. The zero-order valence-corrected chi connectivity index (χ0v) is 10.2. The van der Waals surface area contributed by atoms with Crippen molar-refractivity contribution in [2.45, 2.75) is 45.2 Å². The molecule has 1 heterocycles. The number of hydrogen-bond donors (Lipinski definition) is 0. The van der Waals surface area contributed by atoms with Crippen LogP contribution in [0.25, 0.3) is 0 Å². The summed E-state index contributed by atoms with van der Waals surface area (Å²) in [5.74, 6) is 0.279. The third-order valence-electron chi connectivity index (χ3n) is 3.12. The van der Waals surface area contributed by atoms with Crippen molar-refractivity contribution in [2.24, 2.45) is 0 Å². The number of amides is 1. The van der Waals surface area contributed by atoms with E-state index in [2.05, 4.69) is 32.9 Å². The normalized spacial score (nSPS) is 21.6. The molecule has 1 atom stereocenters. The van der Waals surface area contributed by atoms with E-state index in [0.717, 1.165) is 6.42 Å². The number of likely N-dealkylation sites (tertiary alicyclic amines) is 1. The van der Waals surface area contributed by atoms with Crippen LogP contribution in [0.3, 0.4) is 0 Å². The third-order valence-corrected chi connectivity index (χ3v) is 3.12. The number of nitrogens with zero attached hydrogens (tertiary/aromatic N) is 1. The first-order chi connectivity index (χ1) is 7.50. The molecule has 1 aromatic rings. The van der Waals surface area contributed by atoms with Gasteiger partial charge in [0.2, 0.25) is 5.91 Å². The average Bonchev–Trinajstić information content (AvgIpc) is 2.61. The van der Waals surface area contributed by atoms with Gasteiger partial charge in [-0.05, 0) is 32.8 Å². The van der Waals surface area contributed by atoms with E-state index in [1.54, 1.807) is 0 Å². The molecule has 0 aliphatic carbocycles. The van der Waals surface area contributed by atoms with Gasteiger partial charge in [0.25, 0.3) is 0 Å². The number of hydrogen-bond acceptors (Lipinski definition) is 1. The first kappa shape index (κ1) is 11.2. The lowest BCUT2D eigenvalue weighted by atomic mass is 9.99. The molecule has 0 saturated carbocycles. The minimum Gasteiger partial charge on any atom is -0.331 e. The second kappa shape index (κ2) is 3.93. The van der Waals surface area contributed by atoms with Crippen molar-refractivity contribution in [3.05, 3.63) is 35.9 Å². The van der Waals surface area contributed by atoms with Gasteiger partial charge in [-0.25, -0.2) is 0 Å². The zero-order valence-electron chi connectivity index (χ0n) is 10.2. The second-order valence-electron chi connectivity index (χ2n) is 5.40. The fourth-order valence-electron chi connectivity index (χ4n) is 2.52. The van der Waals surface area contributed by atoms with Crippen LogP contribution in [0.15, 0.2) is 30.3 Å². The van der Waals surface area contributed by atoms with E-state index >= 15 is 0 Å². The molecule has 0 spiro atoms. The molecule has 0 aromatic heterocycles. The summed E-state index contributed by atoms with van der Waals surface area (Å²) in [5, 5.41) is 0. The summed E-state index contributed by atoms with van der Waals surface area (Å²) < 4.78 is 0. The predicted molar refractivity (Wildman–Crippen MR) is 65.0 cm³/mol. The van der Waals surface area contributed by atoms with Crippen LogP contribution in [0.2, 0.25) is 0 Å². The Morgan fingerprint density at radius 2 is 1.81 bits per heavy atom. The van der Waals surface area contributed by atoms with Crippen molar-refractivity contribution < 1.29 is 4.79 Å². The average molecular weight is 217 g/mol. The molecule has 1 saturated heterocycles. The molecule has 2 heteroatoms. The summed E-state index contributed by atoms with van der Waals surface area (Å²) in [7, 11) is 0. The topological polar surface area (TPSA) is 20.3 Å². The summed E-state index contributed by atoms with van der Waals surface area (Å²) in [6.45, 7) is 6.31. The summed E-state index contributed by atoms with van der Waals surface area (Å²) >= 11 is 0. The molecule has 1 aliphatic heterocycles. The van der Waals surface area contributed by atoms with Gasteiger partial charge in [-0.15, -0.1) is 0 Å². The van der Waals surface area contributed by atoms with Crippen LogP contribution in [-0.2, 0) is 4.79 Å². The number of carbonyl (C=O) groups is 1. The highest BCUT2D eigenvalue weighted by Crippen LogP contribution is 2.37. The summed E-state index contributed by atoms with van der Waals surface area (Å²) in [5.41, 5.74) is 1.16. The molecule has 1 fully saturated rings. The maximum absolute atomic E-state index is 11.9. The molecule has 1 amide bonds. The highest BCUT2D eigenvalue weighted by molar-refractivity contribution is 5.79.